The SMILES string of the molecule is Cc1ccccc1N1C(=O)C(=O)/C(=C(/O)c2cccc(OC(C)C)c2)C1c1c[nH]c2ccccc12. The van der Waals surface area contributed by atoms with Crippen molar-refractivity contribution in [2.45, 2.75) is 32.9 Å². The quantitative estimate of drug-likeness (QED) is 0.218. The molecule has 1 saturated heterocycles. The number of aliphatic hydroxyl groups is 1. The molecule has 176 valence electrons. The van der Waals surface area contributed by atoms with Crippen LogP contribution in [0.15, 0.2) is 84.6 Å². The Morgan fingerprint density at radius 3 is 2.51 bits per heavy atom. The molecule has 1 aliphatic heterocycles. The van der Waals surface area contributed by atoms with Crippen LogP contribution >= 0.6 is 0 Å². The Morgan fingerprint density at radius 2 is 1.74 bits per heavy atom. The summed E-state index contributed by atoms with van der Waals surface area (Å²) in [5, 5.41) is 12.3. The summed E-state index contributed by atoms with van der Waals surface area (Å²) in [6, 6.07) is 21.3. The lowest BCUT2D eigenvalue weighted by Crippen LogP contribution is -2.30. The van der Waals surface area contributed by atoms with Crippen molar-refractivity contribution >= 4 is 34.0 Å². The topological polar surface area (TPSA) is 82.6 Å². The van der Waals surface area contributed by atoms with E-state index in [2.05, 4.69) is 4.98 Å². The molecule has 35 heavy (non-hydrogen) atoms. The first-order valence-electron chi connectivity index (χ1n) is 11.6. The molecular formula is C29H26N2O4. The highest BCUT2D eigenvalue weighted by Gasteiger charge is 2.48. The van der Waals surface area contributed by atoms with Gasteiger partial charge in [-0.05, 0) is 50.6 Å². The van der Waals surface area contributed by atoms with Crippen molar-refractivity contribution in [3.63, 3.8) is 0 Å². The molecular weight excluding hydrogens is 440 g/mol. The molecule has 0 aliphatic carbocycles. The average Bonchev–Trinajstić information content (AvgIpc) is 3.37. The van der Waals surface area contributed by atoms with Gasteiger partial charge in [-0.25, -0.2) is 0 Å². The average molecular weight is 467 g/mol. The zero-order chi connectivity index (χ0) is 24.7. The Kier molecular flexibility index (Phi) is 5.65. The van der Waals surface area contributed by atoms with Crippen molar-refractivity contribution in [3.8, 4) is 5.75 Å². The lowest BCUT2D eigenvalue weighted by Gasteiger charge is -2.26. The number of ether oxygens (including phenoxy) is 1. The van der Waals surface area contributed by atoms with Crippen molar-refractivity contribution in [2.24, 2.45) is 0 Å². The zero-order valence-corrected chi connectivity index (χ0v) is 19.8. The summed E-state index contributed by atoms with van der Waals surface area (Å²) >= 11 is 0. The Bertz CT molecular complexity index is 1480. The lowest BCUT2D eigenvalue weighted by atomic mass is 9.94. The van der Waals surface area contributed by atoms with E-state index in [1.165, 1.54) is 4.90 Å². The fraction of sp³-hybridized carbons (Fsp3) is 0.172. The molecule has 1 amide bonds. The molecule has 0 saturated carbocycles. The number of amides is 1. The number of nitrogens with one attached hydrogen (secondary N) is 1. The highest BCUT2D eigenvalue weighted by molar-refractivity contribution is 6.52. The minimum atomic E-state index is -0.804. The number of anilines is 1. The molecule has 2 heterocycles. The van der Waals surface area contributed by atoms with E-state index in [0.29, 0.717) is 17.0 Å². The predicted molar refractivity (Wildman–Crippen MR) is 136 cm³/mol. The first-order valence-corrected chi connectivity index (χ1v) is 11.6. The second-order valence-electron chi connectivity index (χ2n) is 8.94. The number of ketones is 1. The Hall–Kier alpha value is -4.32. The van der Waals surface area contributed by atoms with Crippen molar-refractivity contribution in [1.82, 2.24) is 4.98 Å². The van der Waals surface area contributed by atoms with E-state index in [0.717, 1.165) is 22.0 Å². The first-order chi connectivity index (χ1) is 16.9. The van der Waals surface area contributed by atoms with Gasteiger partial charge in [0.2, 0.25) is 0 Å². The van der Waals surface area contributed by atoms with Crippen molar-refractivity contribution in [3.05, 3.63) is 101 Å². The van der Waals surface area contributed by atoms with Crippen LogP contribution in [0.25, 0.3) is 16.7 Å². The van der Waals surface area contributed by atoms with Gasteiger partial charge in [0.25, 0.3) is 11.7 Å². The summed E-state index contributed by atoms with van der Waals surface area (Å²) in [6.07, 6.45) is 1.75. The summed E-state index contributed by atoms with van der Waals surface area (Å²) < 4.78 is 5.78. The van der Waals surface area contributed by atoms with Crippen LogP contribution in [0.4, 0.5) is 5.69 Å². The maximum atomic E-state index is 13.5. The molecule has 1 unspecified atom stereocenters. The minimum absolute atomic E-state index is 0.0460. The first kappa shape index (κ1) is 22.5. The number of H-pyrrole nitrogens is 1. The number of hydrogen-bond donors (Lipinski definition) is 2. The van der Waals surface area contributed by atoms with E-state index < -0.39 is 17.7 Å². The Labute approximate surface area is 203 Å². The van der Waals surface area contributed by atoms with E-state index >= 15 is 0 Å². The van der Waals surface area contributed by atoms with Gasteiger partial charge in [0.1, 0.15) is 11.5 Å². The number of carbonyl (C=O) groups is 2. The number of hydrogen-bond acceptors (Lipinski definition) is 4. The van der Waals surface area contributed by atoms with Crippen LogP contribution in [0, 0.1) is 6.92 Å². The number of aromatic nitrogens is 1. The van der Waals surface area contributed by atoms with Gasteiger partial charge in [-0.1, -0.05) is 48.5 Å². The van der Waals surface area contributed by atoms with E-state index in [9.17, 15) is 14.7 Å². The molecule has 1 fully saturated rings. The molecule has 2 N–H and O–H groups in total. The summed E-state index contributed by atoms with van der Waals surface area (Å²) in [5.41, 5.74) is 3.55. The molecule has 0 radical (unpaired) electrons. The van der Waals surface area contributed by atoms with E-state index in [-0.39, 0.29) is 17.4 Å². The number of benzene rings is 3. The number of aromatic amines is 1. The standard InChI is InChI=1S/C29H26N2O4/c1-17(2)35-20-11-8-10-19(15-20)27(32)25-26(22-16-30-23-13-6-5-12-21(22)23)31(29(34)28(25)33)24-14-7-4-9-18(24)3/h4-17,26,30,32H,1-3H3/b27-25+. The summed E-state index contributed by atoms with van der Waals surface area (Å²) in [6.45, 7) is 5.72. The largest absolute Gasteiger partial charge is 0.507 e. The van der Waals surface area contributed by atoms with Crippen LogP contribution in [0.3, 0.4) is 0 Å². The number of fused-ring (bicyclic) bond motifs is 1. The van der Waals surface area contributed by atoms with Crippen LogP contribution in [-0.2, 0) is 9.59 Å². The molecule has 0 bridgehead atoms. The fourth-order valence-electron chi connectivity index (χ4n) is 4.67. The Morgan fingerprint density at radius 1 is 1.00 bits per heavy atom. The maximum Gasteiger partial charge on any atom is 0.300 e. The number of nitrogens with zero attached hydrogens (tertiary/aromatic N) is 1. The maximum absolute atomic E-state index is 13.5. The molecule has 1 aromatic heterocycles. The molecule has 4 aromatic rings. The van der Waals surface area contributed by atoms with Crippen molar-refractivity contribution in [2.75, 3.05) is 4.90 Å². The van der Waals surface area contributed by atoms with Gasteiger partial charge < -0.3 is 14.8 Å². The number of aryl methyl sites for hydroxylation is 1. The summed E-state index contributed by atoms with van der Waals surface area (Å²) in [7, 11) is 0. The minimum Gasteiger partial charge on any atom is -0.507 e. The van der Waals surface area contributed by atoms with Gasteiger partial charge in [-0.15, -0.1) is 0 Å². The van der Waals surface area contributed by atoms with Crippen LogP contribution in [0.2, 0.25) is 0 Å². The molecule has 5 rings (SSSR count). The number of rotatable bonds is 5. The third-order valence-corrected chi connectivity index (χ3v) is 6.21. The fourth-order valence-corrected chi connectivity index (χ4v) is 4.67. The second-order valence-corrected chi connectivity index (χ2v) is 8.94. The molecule has 1 atom stereocenters. The summed E-state index contributed by atoms with van der Waals surface area (Å²) in [4.78, 5) is 31.7. The number of Topliss-reactive ketones (excluding diaryl/α,β-unsaturated/α-hetero) is 1. The molecule has 1 aliphatic rings. The second kappa shape index (κ2) is 8.80. The van der Waals surface area contributed by atoms with E-state index in [4.69, 9.17) is 4.74 Å². The van der Waals surface area contributed by atoms with Crippen molar-refractivity contribution < 1.29 is 19.4 Å². The predicted octanol–water partition coefficient (Wildman–Crippen LogP) is 5.89. The van der Waals surface area contributed by atoms with Crippen LogP contribution < -0.4 is 9.64 Å². The normalized spacial score (nSPS) is 17.5. The number of para-hydroxylation sites is 2. The third kappa shape index (κ3) is 3.87. The van der Waals surface area contributed by atoms with Crippen LogP contribution in [0.1, 0.15) is 36.6 Å². The van der Waals surface area contributed by atoms with Gasteiger partial charge in [0.05, 0.1) is 17.7 Å². The third-order valence-electron chi connectivity index (χ3n) is 6.21. The highest BCUT2D eigenvalue weighted by Crippen LogP contribution is 2.45. The van der Waals surface area contributed by atoms with E-state index in [1.807, 2.05) is 69.3 Å². The van der Waals surface area contributed by atoms with Gasteiger partial charge in [0, 0.05) is 33.9 Å². The van der Waals surface area contributed by atoms with Gasteiger partial charge >= 0.3 is 0 Å². The molecule has 0 spiro atoms. The van der Waals surface area contributed by atoms with Gasteiger partial charge in [-0.2, -0.15) is 0 Å². The summed E-state index contributed by atoms with van der Waals surface area (Å²) in [5.74, 6) is -1.06. The molecule has 3 aromatic carbocycles. The van der Waals surface area contributed by atoms with Gasteiger partial charge in [0.15, 0.2) is 0 Å². The number of aliphatic hydroxyl groups excluding tert-OH is 1. The monoisotopic (exact) mass is 466 g/mol. The van der Waals surface area contributed by atoms with Crippen LogP contribution in [-0.4, -0.2) is 27.9 Å². The van der Waals surface area contributed by atoms with Crippen LogP contribution in [0.5, 0.6) is 5.75 Å². The molecule has 6 nitrogen and oxygen atoms in total. The smallest absolute Gasteiger partial charge is 0.300 e. The lowest BCUT2D eigenvalue weighted by molar-refractivity contribution is -0.132. The Balaban J connectivity index is 1.75. The zero-order valence-electron chi connectivity index (χ0n) is 19.8. The number of carbonyl (C=O) groups excluding carboxylic acids is 2. The molecule has 6 heteroatoms. The highest BCUT2D eigenvalue weighted by atomic mass is 16.5. The van der Waals surface area contributed by atoms with E-state index in [1.54, 1.807) is 30.5 Å². The van der Waals surface area contributed by atoms with Gasteiger partial charge in [-0.3, -0.25) is 14.5 Å². The van der Waals surface area contributed by atoms with Crippen molar-refractivity contribution in [1.29, 1.82) is 0 Å².